The molecule has 0 aliphatic rings. The van der Waals surface area contributed by atoms with E-state index in [0.717, 1.165) is 17.3 Å². The number of aliphatic hydroxyl groups excluding tert-OH is 1. The first-order valence-corrected chi connectivity index (χ1v) is 6.87. The smallest absolute Gasteiger partial charge is 0.146 e. The number of hydrogen-bond donors (Lipinski definition) is 2. The highest BCUT2D eigenvalue weighted by molar-refractivity contribution is 9.10. The fourth-order valence-electron chi connectivity index (χ4n) is 1.39. The third-order valence-corrected chi connectivity index (χ3v) is 2.90. The van der Waals surface area contributed by atoms with Gasteiger partial charge in [0, 0.05) is 17.6 Å². The quantitative estimate of drug-likeness (QED) is 0.723. The summed E-state index contributed by atoms with van der Waals surface area (Å²) in [6.45, 7) is 3.26. The number of anilines is 1. The van der Waals surface area contributed by atoms with Crippen LogP contribution >= 0.6 is 15.9 Å². The fourth-order valence-corrected chi connectivity index (χ4v) is 1.75. The standard InChI is InChI=1S/C13H19BrFNO2/c1-2-3-6-18-9-11(17)8-16-13-7-10(14)4-5-12(13)15/h4-5,7,11,16-17H,2-3,6,8-9H2,1H3. The van der Waals surface area contributed by atoms with Crippen LogP contribution in [0.1, 0.15) is 19.8 Å². The monoisotopic (exact) mass is 319 g/mol. The lowest BCUT2D eigenvalue weighted by Crippen LogP contribution is -2.25. The average Bonchev–Trinajstić information content (AvgIpc) is 2.36. The normalized spacial score (nSPS) is 12.4. The molecule has 0 saturated heterocycles. The Bertz CT molecular complexity index is 363. The minimum atomic E-state index is -0.639. The summed E-state index contributed by atoms with van der Waals surface area (Å²) in [6.07, 6.45) is 1.41. The molecule has 0 saturated carbocycles. The Balaban J connectivity index is 2.29. The molecule has 0 heterocycles. The minimum absolute atomic E-state index is 0.263. The Hall–Kier alpha value is -0.650. The van der Waals surface area contributed by atoms with Crippen LogP contribution in [0, 0.1) is 5.82 Å². The number of ether oxygens (including phenoxy) is 1. The van der Waals surface area contributed by atoms with Gasteiger partial charge in [0.05, 0.1) is 18.4 Å². The van der Waals surface area contributed by atoms with Crippen LogP contribution in [0.5, 0.6) is 0 Å². The Labute approximate surface area is 115 Å². The van der Waals surface area contributed by atoms with E-state index in [1.54, 1.807) is 12.1 Å². The van der Waals surface area contributed by atoms with Crippen LogP contribution in [0.25, 0.3) is 0 Å². The molecular formula is C13H19BrFNO2. The van der Waals surface area contributed by atoms with E-state index < -0.39 is 6.10 Å². The van der Waals surface area contributed by atoms with Gasteiger partial charge in [-0.25, -0.2) is 4.39 Å². The number of unbranched alkanes of at least 4 members (excludes halogenated alkanes) is 1. The van der Waals surface area contributed by atoms with Gasteiger partial charge >= 0.3 is 0 Å². The zero-order valence-corrected chi connectivity index (χ0v) is 12.0. The van der Waals surface area contributed by atoms with E-state index in [9.17, 15) is 9.50 Å². The Kier molecular flexibility index (Phi) is 7.23. The Morgan fingerprint density at radius 3 is 3.00 bits per heavy atom. The second kappa shape index (κ2) is 8.45. The number of rotatable bonds is 8. The van der Waals surface area contributed by atoms with Gasteiger partial charge in [-0.1, -0.05) is 29.3 Å². The molecule has 3 nitrogen and oxygen atoms in total. The van der Waals surface area contributed by atoms with Crippen molar-refractivity contribution in [2.24, 2.45) is 0 Å². The van der Waals surface area contributed by atoms with Gasteiger partial charge < -0.3 is 15.2 Å². The molecule has 0 aromatic heterocycles. The predicted octanol–water partition coefficient (Wildman–Crippen LogP) is 3.18. The first kappa shape index (κ1) is 15.4. The number of aliphatic hydroxyl groups is 1. The fraction of sp³-hybridized carbons (Fsp3) is 0.538. The third-order valence-electron chi connectivity index (χ3n) is 2.41. The largest absolute Gasteiger partial charge is 0.389 e. The van der Waals surface area contributed by atoms with E-state index in [1.807, 2.05) is 0 Å². The SMILES string of the molecule is CCCCOCC(O)CNc1cc(Br)ccc1F. The van der Waals surface area contributed by atoms with Crippen molar-refractivity contribution in [3.05, 3.63) is 28.5 Å². The summed E-state index contributed by atoms with van der Waals surface area (Å²) < 4.78 is 19.5. The van der Waals surface area contributed by atoms with Gasteiger partial charge in [-0.05, 0) is 24.6 Å². The molecule has 1 aromatic carbocycles. The summed E-state index contributed by atoms with van der Waals surface area (Å²) in [5.74, 6) is -0.336. The summed E-state index contributed by atoms with van der Waals surface area (Å²) in [5, 5.41) is 12.5. The van der Waals surface area contributed by atoms with Gasteiger partial charge in [-0.3, -0.25) is 0 Å². The summed E-state index contributed by atoms with van der Waals surface area (Å²) >= 11 is 3.27. The van der Waals surface area contributed by atoms with Gasteiger partial charge in [0.25, 0.3) is 0 Å². The lowest BCUT2D eigenvalue weighted by molar-refractivity contribution is 0.0421. The van der Waals surface area contributed by atoms with Crippen molar-refractivity contribution >= 4 is 21.6 Å². The highest BCUT2D eigenvalue weighted by atomic mass is 79.9. The molecule has 0 fully saturated rings. The highest BCUT2D eigenvalue weighted by Gasteiger charge is 2.07. The zero-order valence-electron chi connectivity index (χ0n) is 10.5. The Morgan fingerprint density at radius 2 is 2.28 bits per heavy atom. The molecule has 0 amide bonds. The van der Waals surface area contributed by atoms with Crippen molar-refractivity contribution in [3.63, 3.8) is 0 Å². The Morgan fingerprint density at radius 1 is 1.50 bits per heavy atom. The van der Waals surface area contributed by atoms with Gasteiger partial charge in [0.2, 0.25) is 0 Å². The maximum Gasteiger partial charge on any atom is 0.146 e. The van der Waals surface area contributed by atoms with Crippen LogP contribution in [0.4, 0.5) is 10.1 Å². The number of benzene rings is 1. The summed E-state index contributed by atoms with van der Waals surface area (Å²) in [7, 11) is 0. The molecule has 1 rings (SSSR count). The van der Waals surface area contributed by atoms with E-state index in [2.05, 4.69) is 28.2 Å². The molecular weight excluding hydrogens is 301 g/mol. The van der Waals surface area contributed by atoms with Crippen LogP contribution in [0.2, 0.25) is 0 Å². The molecule has 1 unspecified atom stereocenters. The second-order valence-electron chi connectivity index (χ2n) is 4.09. The van der Waals surface area contributed by atoms with Gasteiger partial charge in [-0.15, -0.1) is 0 Å². The van der Waals surface area contributed by atoms with Crippen molar-refractivity contribution in [1.82, 2.24) is 0 Å². The lowest BCUT2D eigenvalue weighted by Gasteiger charge is -2.13. The van der Waals surface area contributed by atoms with Crippen molar-refractivity contribution in [3.8, 4) is 0 Å². The summed E-state index contributed by atoms with van der Waals surface area (Å²) in [4.78, 5) is 0. The summed E-state index contributed by atoms with van der Waals surface area (Å²) in [5.41, 5.74) is 0.372. The van der Waals surface area contributed by atoms with E-state index >= 15 is 0 Å². The first-order valence-electron chi connectivity index (χ1n) is 6.08. The van der Waals surface area contributed by atoms with Crippen molar-refractivity contribution in [2.45, 2.75) is 25.9 Å². The molecule has 0 aliphatic heterocycles. The van der Waals surface area contributed by atoms with E-state index in [1.165, 1.54) is 6.07 Å². The summed E-state index contributed by atoms with van der Waals surface area (Å²) in [6, 6.07) is 4.64. The van der Waals surface area contributed by atoms with E-state index in [4.69, 9.17) is 4.74 Å². The molecule has 0 bridgehead atoms. The molecule has 2 N–H and O–H groups in total. The topological polar surface area (TPSA) is 41.5 Å². The van der Waals surface area contributed by atoms with E-state index in [-0.39, 0.29) is 19.0 Å². The van der Waals surface area contributed by atoms with Crippen LogP contribution in [0.15, 0.2) is 22.7 Å². The van der Waals surface area contributed by atoms with Crippen molar-refractivity contribution in [1.29, 1.82) is 0 Å². The molecule has 0 radical (unpaired) electrons. The average molecular weight is 320 g/mol. The number of hydrogen-bond acceptors (Lipinski definition) is 3. The van der Waals surface area contributed by atoms with E-state index in [0.29, 0.717) is 12.3 Å². The molecule has 1 aromatic rings. The van der Waals surface area contributed by atoms with Gasteiger partial charge in [0.1, 0.15) is 5.82 Å². The molecule has 0 aliphatic carbocycles. The third kappa shape index (κ3) is 5.80. The molecule has 18 heavy (non-hydrogen) atoms. The van der Waals surface area contributed by atoms with Crippen LogP contribution < -0.4 is 5.32 Å². The first-order chi connectivity index (χ1) is 8.63. The minimum Gasteiger partial charge on any atom is -0.389 e. The van der Waals surface area contributed by atoms with Gasteiger partial charge in [0.15, 0.2) is 0 Å². The second-order valence-corrected chi connectivity index (χ2v) is 5.00. The molecule has 102 valence electrons. The highest BCUT2D eigenvalue weighted by Crippen LogP contribution is 2.19. The maximum atomic E-state index is 13.4. The number of halogens is 2. The van der Waals surface area contributed by atoms with Gasteiger partial charge in [-0.2, -0.15) is 0 Å². The number of nitrogens with one attached hydrogen (secondary N) is 1. The predicted molar refractivity (Wildman–Crippen MR) is 74.3 cm³/mol. The maximum absolute atomic E-state index is 13.4. The molecule has 0 spiro atoms. The van der Waals surface area contributed by atoms with Crippen LogP contribution in [-0.2, 0) is 4.74 Å². The molecule has 5 heteroatoms. The van der Waals surface area contributed by atoms with Crippen molar-refractivity contribution in [2.75, 3.05) is 25.1 Å². The zero-order chi connectivity index (χ0) is 13.4. The van der Waals surface area contributed by atoms with Crippen LogP contribution in [0.3, 0.4) is 0 Å². The molecule has 1 atom stereocenters. The van der Waals surface area contributed by atoms with Crippen LogP contribution in [-0.4, -0.2) is 31.0 Å². The van der Waals surface area contributed by atoms with Crippen molar-refractivity contribution < 1.29 is 14.2 Å². The lowest BCUT2D eigenvalue weighted by atomic mass is 10.3.